The summed E-state index contributed by atoms with van der Waals surface area (Å²) in [6.45, 7) is 8.61. The molecule has 0 atom stereocenters. The standard InChI is InChI=1S/C11H21N3O2S2/c1-5-7-18(15,16)9-10(12)13-17-11(9)14(6-2)8(3)4/h8H,5-7H2,1-4H3,(H2,12,13). The Morgan fingerprint density at radius 2 is 2.00 bits per heavy atom. The lowest BCUT2D eigenvalue weighted by Gasteiger charge is -2.26. The molecule has 0 aliphatic heterocycles. The van der Waals surface area contributed by atoms with Crippen LogP contribution in [-0.2, 0) is 9.84 Å². The highest BCUT2D eigenvalue weighted by molar-refractivity contribution is 7.91. The molecule has 0 fully saturated rings. The van der Waals surface area contributed by atoms with E-state index in [-0.39, 0.29) is 22.5 Å². The van der Waals surface area contributed by atoms with Gasteiger partial charge in [0.1, 0.15) is 9.90 Å². The first-order chi connectivity index (χ1) is 8.35. The number of nitrogens with zero attached hydrogens (tertiary/aromatic N) is 2. The summed E-state index contributed by atoms with van der Waals surface area (Å²) in [4.78, 5) is 2.22. The van der Waals surface area contributed by atoms with E-state index in [9.17, 15) is 8.42 Å². The van der Waals surface area contributed by atoms with E-state index in [1.54, 1.807) is 0 Å². The molecular weight excluding hydrogens is 270 g/mol. The molecule has 0 aliphatic rings. The zero-order valence-electron chi connectivity index (χ0n) is 11.3. The summed E-state index contributed by atoms with van der Waals surface area (Å²) in [5.74, 6) is 0.237. The van der Waals surface area contributed by atoms with Crippen LogP contribution >= 0.6 is 11.5 Å². The fourth-order valence-corrected chi connectivity index (χ4v) is 4.82. The van der Waals surface area contributed by atoms with E-state index >= 15 is 0 Å². The maximum absolute atomic E-state index is 12.2. The van der Waals surface area contributed by atoms with E-state index in [0.29, 0.717) is 11.4 Å². The zero-order chi connectivity index (χ0) is 13.9. The predicted molar refractivity (Wildman–Crippen MR) is 77.0 cm³/mol. The summed E-state index contributed by atoms with van der Waals surface area (Å²) < 4.78 is 28.5. The minimum Gasteiger partial charge on any atom is -0.382 e. The van der Waals surface area contributed by atoms with Gasteiger partial charge in [-0.2, -0.15) is 4.37 Å². The van der Waals surface area contributed by atoms with Crippen LogP contribution in [0.1, 0.15) is 34.1 Å². The van der Waals surface area contributed by atoms with Crippen molar-refractivity contribution >= 4 is 32.2 Å². The van der Waals surface area contributed by atoms with Gasteiger partial charge in [-0.05, 0) is 38.7 Å². The van der Waals surface area contributed by atoms with Crippen molar-refractivity contribution in [1.82, 2.24) is 4.37 Å². The van der Waals surface area contributed by atoms with Crippen LogP contribution in [0.15, 0.2) is 4.90 Å². The van der Waals surface area contributed by atoms with Gasteiger partial charge >= 0.3 is 0 Å². The number of aromatic nitrogens is 1. The maximum Gasteiger partial charge on any atom is 0.185 e. The van der Waals surface area contributed by atoms with Gasteiger partial charge in [0.25, 0.3) is 0 Å². The van der Waals surface area contributed by atoms with Crippen LogP contribution in [0, 0.1) is 0 Å². The minimum atomic E-state index is -3.34. The Morgan fingerprint density at radius 3 is 2.44 bits per heavy atom. The van der Waals surface area contributed by atoms with Gasteiger partial charge in [0.05, 0.1) is 5.75 Å². The third-order valence-corrected chi connectivity index (χ3v) is 5.67. The highest BCUT2D eigenvalue weighted by Gasteiger charge is 2.28. The average Bonchev–Trinajstić information content (AvgIpc) is 2.61. The van der Waals surface area contributed by atoms with Crippen LogP contribution in [0.25, 0.3) is 0 Å². The van der Waals surface area contributed by atoms with Crippen molar-refractivity contribution in [2.24, 2.45) is 0 Å². The number of nitrogen functional groups attached to an aromatic ring is 1. The Kier molecular flexibility index (Phi) is 4.98. The second-order valence-corrected chi connectivity index (χ2v) is 7.20. The summed E-state index contributed by atoms with van der Waals surface area (Å²) in [6.07, 6.45) is 0.574. The van der Waals surface area contributed by atoms with Crippen molar-refractivity contribution in [3.63, 3.8) is 0 Å². The lowest BCUT2D eigenvalue weighted by atomic mass is 10.3. The third kappa shape index (κ3) is 2.95. The second kappa shape index (κ2) is 5.88. The van der Waals surface area contributed by atoms with E-state index in [0.717, 1.165) is 18.1 Å². The smallest absolute Gasteiger partial charge is 0.185 e. The van der Waals surface area contributed by atoms with Gasteiger partial charge < -0.3 is 10.6 Å². The number of hydrogen-bond acceptors (Lipinski definition) is 6. The molecule has 1 aromatic heterocycles. The van der Waals surface area contributed by atoms with Gasteiger partial charge in [-0.3, -0.25) is 0 Å². The maximum atomic E-state index is 12.2. The van der Waals surface area contributed by atoms with Crippen molar-refractivity contribution < 1.29 is 8.42 Å². The molecule has 0 spiro atoms. The molecule has 0 amide bonds. The molecule has 0 saturated heterocycles. The SMILES string of the molecule is CCCS(=O)(=O)c1c(N)nsc1N(CC)C(C)C. The van der Waals surface area contributed by atoms with Gasteiger partial charge in [-0.25, -0.2) is 8.42 Å². The van der Waals surface area contributed by atoms with Gasteiger partial charge in [0.15, 0.2) is 15.7 Å². The lowest BCUT2D eigenvalue weighted by Crippen LogP contribution is -2.31. The molecule has 7 heteroatoms. The van der Waals surface area contributed by atoms with Gasteiger partial charge in [-0.1, -0.05) is 6.92 Å². The van der Waals surface area contributed by atoms with Gasteiger partial charge in [0, 0.05) is 12.6 Å². The molecule has 0 unspecified atom stereocenters. The molecule has 1 heterocycles. The number of rotatable bonds is 6. The van der Waals surface area contributed by atoms with Gasteiger partial charge in [-0.15, -0.1) is 0 Å². The molecule has 0 saturated carbocycles. The van der Waals surface area contributed by atoms with Crippen LogP contribution < -0.4 is 10.6 Å². The summed E-state index contributed by atoms with van der Waals surface area (Å²) in [5, 5.41) is 0.665. The zero-order valence-corrected chi connectivity index (χ0v) is 12.9. The Labute approximate surface area is 113 Å². The van der Waals surface area contributed by atoms with Crippen LogP contribution in [0.3, 0.4) is 0 Å². The van der Waals surface area contributed by atoms with E-state index in [1.165, 1.54) is 0 Å². The lowest BCUT2D eigenvalue weighted by molar-refractivity contribution is 0.594. The topological polar surface area (TPSA) is 76.3 Å². The normalized spacial score (nSPS) is 12.1. The number of nitrogens with two attached hydrogens (primary N) is 1. The fraction of sp³-hybridized carbons (Fsp3) is 0.727. The largest absolute Gasteiger partial charge is 0.382 e. The second-order valence-electron chi connectivity index (χ2n) is 4.40. The van der Waals surface area contributed by atoms with E-state index in [2.05, 4.69) is 4.37 Å². The Morgan fingerprint density at radius 1 is 1.39 bits per heavy atom. The Bertz CT molecular complexity index is 494. The van der Waals surface area contributed by atoms with Crippen LogP contribution in [0.5, 0.6) is 0 Å². The van der Waals surface area contributed by atoms with Crippen molar-refractivity contribution in [2.45, 2.75) is 45.1 Å². The number of sulfone groups is 1. The highest BCUT2D eigenvalue weighted by Crippen LogP contribution is 2.36. The van der Waals surface area contributed by atoms with E-state index in [1.807, 2.05) is 32.6 Å². The summed E-state index contributed by atoms with van der Waals surface area (Å²) in [5.41, 5.74) is 5.74. The molecule has 0 aliphatic carbocycles. The first kappa shape index (κ1) is 15.2. The molecule has 104 valence electrons. The van der Waals surface area contributed by atoms with Crippen LogP contribution in [0.2, 0.25) is 0 Å². The monoisotopic (exact) mass is 291 g/mol. The number of hydrogen-bond donors (Lipinski definition) is 1. The molecule has 0 radical (unpaired) electrons. The number of anilines is 2. The van der Waals surface area contributed by atoms with E-state index in [4.69, 9.17) is 5.73 Å². The molecule has 1 aromatic rings. The van der Waals surface area contributed by atoms with Crippen molar-refractivity contribution in [1.29, 1.82) is 0 Å². The molecule has 1 rings (SSSR count). The van der Waals surface area contributed by atoms with E-state index < -0.39 is 9.84 Å². The average molecular weight is 291 g/mol. The first-order valence-corrected chi connectivity index (χ1v) is 8.52. The minimum absolute atomic E-state index is 0.109. The molecule has 0 aromatic carbocycles. The van der Waals surface area contributed by atoms with Gasteiger partial charge in [0.2, 0.25) is 0 Å². The Hall–Kier alpha value is -0.820. The van der Waals surface area contributed by atoms with Crippen LogP contribution in [0.4, 0.5) is 10.8 Å². The first-order valence-electron chi connectivity index (χ1n) is 6.09. The molecule has 5 nitrogen and oxygen atoms in total. The predicted octanol–water partition coefficient (Wildman–Crippen LogP) is 2.14. The summed E-state index contributed by atoms with van der Waals surface area (Å²) >= 11 is 1.16. The molecule has 0 bridgehead atoms. The van der Waals surface area contributed by atoms with Crippen molar-refractivity contribution in [3.05, 3.63) is 0 Å². The summed E-state index contributed by atoms with van der Waals surface area (Å²) in [7, 11) is -3.34. The summed E-state index contributed by atoms with van der Waals surface area (Å²) in [6, 6.07) is 0.213. The van der Waals surface area contributed by atoms with Crippen LogP contribution in [-0.4, -0.2) is 31.1 Å². The molecule has 2 N–H and O–H groups in total. The molecular formula is C11H21N3O2S2. The van der Waals surface area contributed by atoms with Crippen molar-refractivity contribution in [3.8, 4) is 0 Å². The fourth-order valence-electron chi connectivity index (χ4n) is 1.87. The van der Waals surface area contributed by atoms with Crippen molar-refractivity contribution in [2.75, 3.05) is 22.9 Å². The third-order valence-electron chi connectivity index (χ3n) is 2.67. The Balaban J connectivity index is 3.33. The molecule has 18 heavy (non-hydrogen) atoms. The highest BCUT2D eigenvalue weighted by atomic mass is 32.2. The quantitative estimate of drug-likeness (QED) is 0.869.